The summed E-state index contributed by atoms with van der Waals surface area (Å²) in [6, 6.07) is 6.16. The number of nitrogens with one attached hydrogen (secondary N) is 2. The average Bonchev–Trinajstić information content (AvgIpc) is 2.75. The van der Waals surface area contributed by atoms with Crippen LogP contribution in [0, 0.1) is 0 Å². The predicted octanol–water partition coefficient (Wildman–Crippen LogP) is 3.56. The molecule has 0 aromatic heterocycles. The van der Waals surface area contributed by atoms with E-state index in [4.69, 9.17) is 11.6 Å². The Kier molecular flexibility index (Phi) is 6.42. The normalized spacial score (nSPS) is 19.9. The van der Waals surface area contributed by atoms with E-state index in [0.717, 1.165) is 30.6 Å². The van der Waals surface area contributed by atoms with Crippen molar-refractivity contribution >= 4 is 35.1 Å². The summed E-state index contributed by atoms with van der Waals surface area (Å²) in [6.45, 7) is 3.51. The fraction of sp³-hybridized carbons (Fsp3) is 0.500. The maximum Gasteiger partial charge on any atom is 0.325 e. The molecule has 4 amide bonds. The summed E-state index contributed by atoms with van der Waals surface area (Å²) < 4.78 is 0. The summed E-state index contributed by atoms with van der Waals surface area (Å²) in [5.41, 5.74) is -0.409. The Balaban J connectivity index is 1.94. The van der Waals surface area contributed by atoms with Crippen LogP contribution in [-0.2, 0) is 9.59 Å². The molecule has 7 heteroatoms. The van der Waals surface area contributed by atoms with Gasteiger partial charge in [0, 0.05) is 10.7 Å². The van der Waals surface area contributed by atoms with E-state index in [-0.39, 0.29) is 12.5 Å². The van der Waals surface area contributed by atoms with Crippen molar-refractivity contribution in [3.63, 3.8) is 0 Å². The second kappa shape index (κ2) is 8.34. The van der Waals surface area contributed by atoms with Crippen LogP contribution in [0.25, 0.3) is 0 Å². The fourth-order valence-electron chi connectivity index (χ4n) is 2.88. The van der Waals surface area contributed by atoms with E-state index in [1.165, 1.54) is 0 Å². The number of carbonyl (C=O) groups excluding carboxylic acids is 3. The number of amides is 4. The van der Waals surface area contributed by atoms with Gasteiger partial charge >= 0.3 is 6.03 Å². The number of rotatable bonds is 8. The standard InChI is InChI=1S/C18H24ClN3O3/c1-3-4-5-6-10-18(2)16(24)22(17(25)21-18)12-15(23)20-14-9-7-8-13(19)11-14/h7-9,11H,3-6,10,12H2,1-2H3,(H,20,23)(H,21,25). The van der Waals surface area contributed by atoms with Gasteiger partial charge in [0.1, 0.15) is 12.1 Å². The van der Waals surface area contributed by atoms with E-state index in [1.807, 2.05) is 0 Å². The largest absolute Gasteiger partial charge is 0.325 e. The summed E-state index contributed by atoms with van der Waals surface area (Å²) in [7, 11) is 0. The molecular formula is C18H24ClN3O3. The Labute approximate surface area is 152 Å². The van der Waals surface area contributed by atoms with Crippen molar-refractivity contribution in [2.75, 3.05) is 11.9 Å². The number of anilines is 1. The third-order valence-electron chi connectivity index (χ3n) is 4.29. The maximum absolute atomic E-state index is 12.6. The SMILES string of the molecule is CCCCCCC1(C)NC(=O)N(CC(=O)Nc2cccc(Cl)c2)C1=O. The third-order valence-corrected chi connectivity index (χ3v) is 4.52. The van der Waals surface area contributed by atoms with Crippen molar-refractivity contribution in [3.8, 4) is 0 Å². The molecule has 1 aromatic carbocycles. The Morgan fingerprint density at radius 3 is 2.72 bits per heavy atom. The second-order valence-corrected chi connectivity index (χ2v) is 6.96. The Bertz CT molecular complexity index is 665. The zero-order valence-corrected chi connectivity index (χ0v) is 15.4. The zero-order chi connectivity index (χ0) is 18.4. The lowest BCUT2D eigenvalue weighted by Gasteiger charge is -2.21. The molecule has 25 heavy (non-hydrogen) atoms. The molecule has 6 nitrogen and oxygen atoms in total. The van der Waals surface area contributed by atoms with E-state index in [0.29, 0.717) is 17.1 Å². The number of carbonyl (C=O) groups is 3. The van der Waals surface area contributed by atoms with Gasteiger partial charge in [-0.15, -0.1) is 0 Å². The molecule has 1 heterocycles. The van der Waals surface area contributed by atoms with E-state index in [1.54, 1.807) is 31.2 Å². The highest BCUT2D eigenvalue weighted by Crippen LogP contribution is 2.24. The minimum Gasteiger partial charge on any atom is -0.324 e. The number of unbranched alkanes of at least 4 members (excludes halogenated alkanes) is 3. The minimum atomic E-state index is -0.929. The van der Waals surface area contributed by atoms with Crippen LogP contribution in [0.15, 0.2) is 24.3 Å². The van der Waals surface area contributed by atoms with Crippen LogP contribution in [0.5, 0.6) is 0 Å². The number of nitrogens with zero attached hydrogens (tertiary/aromatic N) is 1. The molecule has 136 valence electrons. The summed E-state index contributed by atoms with van der Waals surface area (Å²) in [5, 5.41) is 5.86. The maximum atomic E-state index is 12.6. The van der Waals surface area contributed by atoms with Crippen LogP contribution in [-0.4, -0.2) is 34.8 Å². The van der Waals surface area contributed by atoms with Gasteiger partial charge in [-0.25, -0.2) is 4.79 Å². The van der Waals surface area contributed by atoms with Gasteiger partial charge < -0.3 is 10.6 Å². The molecule has 1 aliphatic heterocycles. The fourth-order valence-corrected chi connectivity index (χ4v) is 3.07. The molecule has 1 aliphatic rings. The summed E-state index contributed by atoms with van der Waals surface area (Å²) >= 11 is 5.87. The van der Waals surface area contributed by atoms with Crippen LogP contribution in [0.1, 0.15) is 46.0 Å². The van der Waals surface area contributed by atoms with E-state index in [9.17, 15) is 14.4 Å². The van der Waals surface area contributed by atoms with Gasteiger partial charge in [0.05, 0.1) is 0 Å². The molecule has 0 bridgehead atoms. The highest BCUT2D eigenvalue weighted by atomic mass is 35.5. The topological polar surface area (TPSA) is 78.5 Å². The monoisotopic (exact) mass is 365 g/mol. The van der Waals surface area contributed by atoms with Crippen molar-refractivity contribution in [1.29, 1.82) is 0 Å². The van der Waals surface area contributed by atoms with E-state index < -0.39 is 17.5 Å². The van der Waals surface area contributed by atoms with Crippen LogP contribution in [0.3, 0.4) is 0 Å². The van der Waals surface area contributed by atoms with Crippen LogP contribution >= 0.6 is 11.6 Å². The van der Waals surface area contributed by atoms with Crippen molar-refractivity contribution in [2.45, 2.75) is 51.5 Å². The van der Waals surface area contributed by atoms with Crippen molar-refractivity contribution in [3.05, 3.63) is 29.3 Å². The molecule has 1 aromatic rings. The van der Waals surface area contributed by atoms with Gasteiger partial charge in [0.25, 0.3) is 5.91 Å². The first-order chi connectivity index (χ1) is 11.9. The number of hydrogen-bond acceptors (Lipinski definition) is 3. The Hall–Kier alpha value is -2.08. The van der Waals surface area contributed by atoms with Crippen molar-refractivity contribution < 1.29 is 14.4 Å². The molecule has 0 spiro atoms. The lowest BCUT2D eigenvalue weighted by molar-refractivity contribution is -0.133. The van der Waals surface area contributed by atoms with Gasteiger partial charge in [-0.05, 0) is 31.5 Å². The Morgan fingerprint density at radius 2 is 2.04 bits per heavy atom. The summed E-state index contributed by atoms with van der Waals surface area (Å²) in [6.07, 6.45) is 4.66. The average molecular weight is 366 g/mol. The quantitative estimate of drug-likeness (QED) is 0.546. The molecule has 1 atom stereocenters. The molecule has 0 saturated carbocycles. The molecular weight excluding hydrogens is 342 g/mol. The molecule has 0 aliphatic carbocycles. The zero-order valence-electron chi connectivity index (χ0n) is 14.6. The molecule has 0 radical (unpaired) electrons. The van der Waals surface area contributed by atoms with Gasteiger partial charge in [-0.1, -0.05) is 50.3 Å². The second-order valence-electron chi connectivity index (χ2n) is 6.52. The molecule has 1 fully saturated rings. The first-order valence-electron chi connectivity index (χ1n) is 8.55. The molecule has 2 rings (SSSR count). The molecule has 1 unspecified atom stereocenters. The van der Waals surface area contributed by atoms with Gasteiger partial charge in [-0.3, -0.25) is 14.5 Å². The van der Waals surface area contributed by atoms with Crippen LogP contribution in [0.4, 0.5) is 10.5 Å². The van der Waals surface area contributed by atoms with E-state index >= 15 is 0 Å². The van der Waals surface area contributed by atoms with Crippen molar-refractivity contribution in [1.82, 2.24) is 10.2 Å². The number of hydrogen-bond donors (Lipinski definition) is 2. The first kappa shape index (κ1) is 19.2. The van der Waals surface area contributed by atoms with Gasteiger partial charge in [0.2, 0.25) is 5.91 Å². The Morgan fingerprint density at radius 1 is 1.28 bits per heavy atom. The lowest BCUT2D eigenvalue weighted by Crippen LogP contribution is -2.44. The van der Waals surface area contributed by atoms with Crippen LogP contribution in [0.2, 0.25) is 5.02 Å². The van der Waals surface area contributed by atoms with Gasteiger partial charge in [-0.2, -0.15) is 0 Å². The summed E-state index contributed by atoms with van der Waals surface area (Å²) in [5.74, 6) is -0.795. The number of benzene rings is 1. The van der Waals surface area contributed by atoms with Crippen LogP contribution < -0.4 is 10.6 Å². The highest BCUT2D eigenvalue weighted by molar-refractivity contribution is 6.30. The van der Waals surface area contributed by atoms with Gasteiger partial charge in [0.15, 0.2) is 0 Å². The highest BCUT2D eigenvalue weighted by Gasteiger charge is 2.47. The molecule has 1 saturated heterocycles. The van der Waals surface area contributed by atoms with Crippen molar-refractivity contribution in [2.24, 2.45) is 0 Å². The molecule has 2 N–H and O–H groups in total. The lowest BCUT2D eigenvalue weighted by atomic mass is 9.94. The minimum absolute atomic E-state index is 0.318. The first-order valence-corrected chi connectivity index (χ1v) is 8.93. The predicted molar refractivity (Wildman–Crippen MR) is 97.5 cm³/mol. The summed E-state index contributed by atoms with van der Waals surface area (Å²) in [4.78, 5) is 37.8. The number of urea groups is 1. The smallest absolute Gasteiger partial charge is 0.324 e. The number of imide groups is 1. The van der Waals surface area contributed by atoms with E-state index in [2.05, 4.69) is 17.6 Å². The third kappa shape index (κ3) is 4.95. The number of halogens is 1.